The summed E-state index contributed by atoms with van der Waals surface area (Å²) in [6.07, 6.45) is 4.09. The smallest absolute Gasteiger partial charge is 0.253 e. The second kappa shape index (κ2) is 8.34. The van der Waals surface area contributed by atoms with Crippen LogP contribution in [0.25, 0.3) is 0 Å². The number of anilines is 2. The molecule has 0 unspecified atom stereocenters. The Morgan fingerprint density at radius 2 is 2.04 bits per heavy atom. The van der Waals surface area contributed by atoms with Crippen LogP contribution < -0.4 is 15.5 Å². The van der Waals surface area contributed by atoms with Crippen LogP contribution in [0.4, 0.5) is 15.9 Å². The van der Waals surface area contributed by atoms with Crippen molar-refractivity contribution in [3.8, 4) is 0 Å². The topological polar surface area (TPSA) is 92.3 Å². The van der Waals surface area contributed by atoms with E-state index in [0.717, 1.165) is 31.0 Å². The highest BCUT2D eigenvalue weighted by molar-refractivity contribution is 5.93. The van der Waals surface area contributed by atoms with E-state index in [1.807, 2.05) is 6.07 Å². The minimum absolute atomic E-state index is 0.189. The van der Waals surface area contributed by atoms with Crippen molar-refractivity contribution in [1.29, 1.82) is 0 Å². The largest absolute Gasteiger partial charge is 0.378 e. The molecule has 2 aromatic rings. The third kappa shape index (κ3) is 4.83. The molecule has 0 spiro atoms. The number of morpholine rings is 1. The van der Waals surface area contributed by atoms with Crippen molar-refractivity contribution in [2.75, 3.05) is 49.6 Å². The highest BCUT2D eigenvalue weighted by atomic mass is 19.1. The van der Waals surface area contributed by atoms with Crippen LogP contribution in [0, 0.1) is 5.82 Å². The third-order valence-electron chi connectivity index (χ3n) is 3.70. The summed E-state index contributed by atoms with van der Waals surface area (Å²) in [4.78, 5) is 17.7. The summed E-state index contributed by atoms with van der Waals surface area (Å²) in [6, 6.07) is 3.06. The normalized spacial score (nSPS) is 14.2. The molecule has 0 aliphatic carbocycles. The lowest BCUT2D eigenvalue weighted by Gasteiger charge is -2.28. The van der Waals surface area contributed by atoms with Gasteiger partial charge in [0.2, 0.25) is 0 Å². The van der Waals surface area contributed by atoms with Crippen molar-refractivity contribution in [1.82, 2.24) is 20.5 Å². The molecular weight excluding hydrogens is 327 g/mol. The molecule has 25 heavy (non-hydrogen) atoms. The SMILES string of the molecule is O=C(NCCNc1cc(N2CCOCC2)cnn1)c1cncc(F)c1. The van der Waals surface area contributed by atoms with Crippen molar-refractivity contribution in [2.24, 2.45) is 0 Å². The molecule has 1 amide bonds. The van der Waals surface area contributed by atoms with E-state index in [9.17, 15) is 9.18 Å². The summed E-state index contributed by atoms with van der Waals surface area (Å²) >= 11 is 0. The number of carbonyl (C=O) groups is 1. The van der Waals surface area contributed by atoms with E-state index in [4.69, 9.17) is 4.74 Å². The molecule has 2 N–H and O–H groups in total. The molecule has 0 saturated carbocycles. The minimum Gasteiger partial charge on any atom is -0.378 e. The first kappa shape index (κ1) is 17.0. The Kier molecular flexibility index (Phi) is 5.68. The molecule has 132 valence electrons. The highest BCUT2D eigenvalue weighted by Gasteiger charge is 2.12. The van der Waals surface area contributed by atoms with Gasteiger partial charge in [-0.1, -0.05) is 0 Å². The minimum atomic E-state index is -0.541. The molecule has 2 aromatic heterocycles. The lowest BCUT2D eigenvalue weighted by atomic mass is 10.2. The van der Waals surface area contributed by atoms with Crippen molar-refractivity contribution in [2.45, 2.75) is 0 Å². The van der Waals surface area contributed by atoms with Crippen molar-refractivity contribution in [3.63, 3.8) is 0 Å². The van der Waals surface area contributed by atoms with Gasteiger partial charge in [-0.2, -0.15) is 5.10 Å². The Morgan fingerprint density at radius 1 is 1.20 bits per heavy atom. The van der Waals surface area contributed by atoms with E-state index >= 15 is 0 Å². The Labute approximate surface area is 144 Å². The maximum atomic E-state index is 13.0. The van der Waals surface area contributed by atoms with Gasteiger partial charge in [0, 0.05) is 38.4 Å². The highest BCUT2D eigenvalue weighted by Crippen LogP contribution is 2.16. The number of rotatable bonds is 6. The van der Waals surface area contributed by atoms with Gasteiger partial charge in [-0.3, -0.25) is 9.78 Å². The van der Waals surface area contributed by atoms with Crippen molar-refractivity contribution >= 4 is 17.4 Å². The molecular formula is C16H19FN6O2. The maximum absolute atomic E-state index is 13.0. The third-order valence-corrected chi connectivity index (χ3v) is 3.70. The molecule has 0 radical (unpaired) electrons. The zero-order valence-electron chi connectivity index (χ0n) is 13.6. The van der Waals surface area contributed by atoms with Crippen LogP contribution in [0.1, 0.15) is 10.4 Å². The van der Waals surface area contributed by atoms with Gasteiger partial charge in [0.1, 0.15) is 5.82 Å². The molecule has 0 bridgehead atoms. The van der Waals surface area contributed by atoms with E-state index in [2.05, 4.69) is 30.7 Å². The fourth-order valence-corrected chi connectivity index (χ4v) is 2.44. The molecule has 3 rings (SSSR count). The van der Waals surface area contributed by atoms with E-state index in [1.165, 1.54) is 6.20 Å². The number of hydrogen-bond donors (Lipinski definition) is 2. The van der Waals surface area contributed by atoms with Crippen molar-refractivity contribution < 1.29 is 13.9 Å². The van der Waals surface area contributed by atoms with Gasteiger partial charge >= 0.3 is 0 Å². The summed E-state index contributed by atoms with van der Waals surface area (Å²) < 4.78 is 18.4. The number of carbonyl (C=O) groups excluding carboxylic acids is 1. The molecule has 1 aliphatic heterocycles. The monoisotopic (exact) mass is 346 g/mol. The van der Waals surface area contributed by atoms with Gasteiger partial charge in [-0.15, -0.1) is 5.10 Å². The van der Waals surface area contributed by atoms with Crippen LogP contribution in [0.2, 0.25) is 0 Å². The van der Waals surface area contributed by atoms with Gasteiger partial charge in [0.15, 0.2) is 5.82 Å². The first-order valence-electron chi connectivity index (χ1n) is 8.00. The van der Waals surface area contributed by atoms with Gasteiger partial charge in [-0.05, 0) is 6.07 Å². The number of halogens is 1. The number of nitrogens with zero attached hydrogens (tertiary/aromatic N) is 4. The standard InChI is InChI=1S/C16H19FN6O2/c17-13-7-12(9-18-10-13)16(24)20-2-1-19-15-8-14(11-21-22-15)23-3-5-25-6-4-23/h7-11H,1-6H2,(H,19,22)(H,20,24). The second-order valence-corrected chi connectivity index (χ2v) is 5.47. The zero-order chi connectivity index (χ0) is 17.5. The number of hydrogen-bond acceptors (Lipinski definition) is 7. The number of ether oxygens (including phenoxy) is 1. The first-order chi connectivity index (χ1) is 12.2. The number of nitrogens with one attached hydrogen (secondary N) is 2. The molecule has 0 atom stereocenters. The molecule has 0 aromatic carbocycles. The number of pyridine rings is 1. The van der Waals surface area contributed by atoms with Crippen LogP contribution in [-0.4, -0.2) is 60.5 Å². The van der Waals surface area contributed by atoms with Gasteiger partial charge < -0.3 is 20.3 Å². The van der Waals surface area contributed by atoms with Gasteiger partial charge in [0.25, 0.3) is 5.91 Å². The van der Waals surface area contributed by atoms with E-state index in [1.54, 1.807) is 6.20 Å². The van der Waals surface area contributed by atoms with Gasteiger partial charge in [0.05, 0.1) is 36.9 Å². The Balaban J connectivity index is 1.46. The molecule has 1 saturated heterocycles. The molecule has 3 heterocycles. The van der Waals surface area contributed by atoms with Crippen LogP contribution in [-0.2, 0) is 4.74 Å². The Bertz CT molecular complexity index is 723. The first-order valence-corrected chi connectivity index (χ1v) is 8.00. The number of amides is 1. The second-order valence-electron chi connectivity index (χ2n) is 5.47. The zero-order valence-corrected chi connectivity index (χ0v) is 13.6. The molecule has 1 fully saturated rings. The summed E-state index contributed by atoms with van der Waals surface area (Å²) in [6.45, 7) is 3.87. The lowest BCUT2D eigenvalue weighted by molar-refractivity contribution is 0.0954. The van der Waals surface area contributed by atoms with Crippen LogP contribution in [0.5, 0.6) is 0 Å². The molecule has 9 heteroatoms. The fourth-order valence-electron chi connectivity index (χ4n) is 2.44. The summed E-state index contributed by atoms with van der Waals surface area (Å²) in [5, 5.41) is 13.8. The maximum Gasteiger partial charge on any atom is 0.253 e. The predicted molar refractivity (Wildman–Crippen MR) is 90.1 cm³/mol. The van der Waals surface area contributed by atoms with E-state index < -0.39 is 5.82 Å². The van der Waals surface area contributed by atoms with Crippen LogP contribution in [0.15, 0.2) is 30.7 Å². The average Bonchev–Trinajstić information content (AvgIpc) is 2.66. The summed E-state index contributed by atoms with van der Waals surface area (Å²) in [5.74, 6) is -0.284. The molecule has 1 aliphatic rings. The summed E-state index contributed by atoms with van der Waals surface area (Å²) in [7, 11) is 0. The predicted octanol–water partition coefficient (Wildman–Crippen LogP) is 0.689. The van der Waals surface area contributed by atoms with E-state index in [-0.39, 0.29) is 11.5 Å². The fraction of sp³-hybridized carbons (Fsp3) is 0.375. The van der Waals surface area contributed by atoms with Crippen molar-refractivity contribution in [3.05, 3.63) is 42.1 Å². The Morgan fingerprint density at radius 3 is 2.84 bits per heavy atom. The average molecular weight is 346 g/mol. The molecule has 8 nitrogen and oxygen atoms in total. The van der Waals surface area contributed by atoms with E-state index in [0.29, 0.717) is 32.1 Å². The summed E-state index contributed by atoms with van der Waals surface area (Å²) in [5.41, 5.74) is 1.17. The van der Waals surface area contributed by atoms with Crippen LogP contribution in [0.3, 0.4) is 0 Å². The lowest BCUT2D eigenvalue weighted by Crippen LogP contribution is -2.36. The van der Waals surface area contributed by atoms with Gasteiger partial charge in [-0.25, -0.2) is 4.39 Å². The Hall–Kier alpha value is -2.81. The number of aromatic nitrogens is 3. The van der Waals surface area contributed by atoms with Crippen LogP contribution >= 0.6 is 0 Å². The quantitative estimate of drug-likeness (QED) is 0.744.